The van der Waals surface area contributed by atoms with Gasteiger partial charge in [-0.2, -0.15) is 0 Å². The second-order valence-electron chi connectivity index (χ2n) is 3.90. The summed E-state index contributed by atoms with van der Waals surface area (Å²) < 4.78 is 0. The Balaban J connectivity index is 2.67. The van der Waals surface area contributed by atoms with E-state index in [1.165, 1.54) is 0 Å². The van der Waals surface area contributed by atoms with Crippen molar-refractivity contribution in [2.24, 2.45) is 0 Å². The molecule has 2 atom stereocenters. The van der Waals surface area contributed by atoms with Crippen LogP contribution in [0.5, 0.6) is 0 Å². The lowest BCUT2D eigenvalue weighted by Gasteiger charge is -2.26. The fourth-order valence-corrected chi connectivity index (χ4v) is 1.89. The standard InChI is InChI=1S/C10H21N3O/c1-4-13-6-5-8(2)12-10(14)9(13)7-11-3/h8-9,11H,4-7H2,1-3H3,(H,12,14). The Morgan fingerprint density at radius 3 is 2.93 bits per heavy atom. The molecule has 1 fully saturated rings. The van der Waals surface area contributed by atoms with Crippen molar-refractivity contribution < 1.29 is 4.79 Å². The van der Waals surface area contributed by atoms with Crippen molar-refractivity contribution in [2.75, 3.05) is 26.7 Å². The fraction of sp³-hybridized carbons (Fsp3) is 0.900. The summed E-state index contributed by atoms with van der Waals surface area (Å²) in [6.45, 7) is 6.83. The molecule has 1 saturated heterocycles. The summed E-state index contributed by atoms with van der Waals surface area (Å²) in [5.74, 6) is 0.159. The van der Waals surface area contributed by atoms with Crippen LogP contribution in [-0.2, 0) is 4.79 Å². The highest BCUT2D eigenvalue weighted by Gasteiger charge is 2.28. The molecule has 0 saturated carbocycles. The fourth-order valence-electron chi connectivity index (χ4n) is 1.89. The Kier molecular flexibility index (Phi) is 4.35. The Labute approximate surface area is 86.0 Å². The highest BCUT2D eigenvalue weighted by atomic mass is 16.2. The van der Waals surface area contributed by atoms with E-state index < -0.39 is 0 Å². The maximum atomic E-state index is 11.8. The molecule has 1 aliphatic heterocycles. The molecule has 0 radical (unpaired) electrons. The van der Waals surface area contributed by atoms with Crippen molar-refractivity contribution in [2.45, 2.75) is 32.4 Å². The van der Waals surface area contributed by atoms with Crippen molar-refractivity contribution >= 4 is 5.91 Å². The first-order valence-electron chi connectivity index (χ1n) is 5.38. The molecule has 2 unspecified atom stereocenters. The summed E-state index contributed by atoms with van der Waals surface area (Å²) in [4.78, 5) is 14.0. The summed E-state index contributed by atoms with van der Waals surface area (Å²) in [7, 11) is 1.88. The zero-order valence-corrected chi connectivity index (χ0v) is 9.34. The number of amides is 1. The molecule has 1 rings (SSSR count). The number of likely N-dealkylation sites (N-methyl/N-ethyl adjacent to an activating group) is 2. The maximum absolute atomic E-state index is 11.8. The Morgan fingerprint density at radius 1 is 1.64 bits per heavy atom. The minimum absolute atomic E-state index is 0.00468. The lowest BCUT2D eigenvalue weighted by Crippen LogP contribution is -2.49. The molecule has 0 spiro atoms. The van der Waals surface area contributed by atoms with Gasteiger partial charge in [-0.05, 0) is 26.9 Å². The molecule has 0 aromatic rings. The predicted molar refractivity (Wildman–Crippen MR) is 57.2 cm³/mol. The normalized spacial score (nSPS) is 29.8. The van der Waals surface area contributed by atoms with Crippen LogP contribution in [0, 0.1) is 0 Å². The Hall–Kier alpha value is -0.610. The van der Waals surface area contributed by atoms with Gasteiger partial charge in [0.15, 0.2) is 0 Å². The molecule has 1 heterocycles. The monoisotopic (exact) mass is 199 g/mol. The largest absolute Gasteiger partial charge is 0.352 e. The second kappa shape index (κ2) is 5.32. The van der Waals surface area contributed by atoms with Gasteiger partial charge in [-0.15, -0.1) is 0 Å². The number of hydrogen-bond donors (Lipinski definition) is 2. The van der Waals surface area contributed by atoms with Gasteiger partial charge < -0.3 is 10.6 Å². The van der Waals surface area contributed by atoms with E-state index in [0.29, 0.717) is 6.04 Å². The van der Waals surface area contributed by atoms with Crippen LogP contribution < -0.4 is 10.6 Å². The van der Waals surface area contributed by atoms with E-state index in [0.717, 1.165) is 26.1 Å². The third-order valence-corrected chi connectivity index (χ3v) is 2.79. The molecule has 0 aromatic carbocycles. The predicted octanol–water partition coefficient (Wildman–Crippen LogP) is -0.195. The Bertz CT molecular complexity index is 196. The van der Waals surface area contributed by atoms with Gasteiger partial charge in [0.25, 0.3) is 0 Å². The first-order chi connectivity index (χ1) is 6.69. The third kappa shape index (κ3) is 2.69. The van der Waals surface area contributed by atoms with Crippen LogP contribution in [0.15, 0.2) is 0 Å². The zero-order chi connectivity index (χ0) is 10.6. The molecule has 0 aromatic heterocycles. The van der Waals surface area contributed by atoms with Crippen LogP contribution in [-0.4, -0.2) is 49.6 Å². The van der Waals surface area contributed by atoms with Gasteiger partial charge in [0.2, 0.25) is 5.91 Å². The van der Waals surface area contributed by atoms with Crippen molar-refractivity contribution in [3.05, 3.63) is 0 Å². The first kappa shape index (κ1) is 11.5. The van der Waals surface area contributed by atoms with Crippen LogP contribution in [0.3, 0.4) is 0 Å². The van der Waals surface area contributed by atoms with Crippen molar-refractivity contribution in [1.82, 2.24) is 15.5 Å². The van der Waals surface area contributed by atoms with Crippen LogP contribution in [0.25, 0.3) is 0 Å². The van der Waals surface area contributed by atoms with Gasteiger partial charge in [0.05, 0.1) is 0 Å². The van der Waals surface area contributed by atoms with Crippen molar-refractivity contribution in [3.63, 3.8) is 0 Å². The first-order valence-corrected chi connectivity index (χ1v) is 5.38. The average molecular weight is 199 g/mol. The van der Waals surface area contributed by atoms with E-state index in [4.69, 9.17) is 0 Å². The van der Waals surface area contributed by atoms with Crippen molar-refractivity contribution in [1.29, 1.82) is 0 Å². The highest BCUT2D eigenvalue weighted by molar-refractivity contribution is 5.82. The lowest BCUT2D eigenvalue weighted by atomic mass is 10.2. The molecule has 1 aliphatic rings. The van der Waals surface area contributed by atoms with Crippen LogP contribution in [0.1, 0.15) is 20.3 Å². The van der Waals surface area contributed by atoms with Gasteiger partial charge in [-0.25, -0.2) is 0 Å². The second-order valence-corrected chi connectivity index (χ2v) is 3.90. The summed E-state index contributed by atoms with van der Waals surface area (Å²) in [6.07, 6.45) is 1.04. The molecule has 4 nitrogen and oxygen atoms in total. The van der Waals surface area contributed by atoms with Gasteiger partial charge >= 0.3 is 0 Å². The van der Waals surface area contributed by atoms with Gasteiger partial charge in [0.1, 0.15) is 6.04 Å². The van der Waals surface area contributed by atoms with Crippen molar-refractivity contribution in [3.8, 4) is 0 Å². The van der Waals surface area contributed by atoms with Crippen LogP contribution in [0.2, 0.25) is 0 Å². The van der Waals surface area contributed by atoms with E-state index in [-0.39, 0.29) is 11.9 Å². The molecule has 82 valence electrons. The number of nitrogens with one attached hydrogen (secondary N) is 2. The topological polar surface area (TPSA) is 44.4 Å². The number of carbonyl (C=O) groups is 1. The molecule has 4 heteroatoms. The smallest absolute Gasteiger partial charge is 0.238 e. The zero-order valence-electron chi connectivity index (χ0n) is 9.34. The van der Waals surface area contributed by atoms with Gasteiger partial charge in [-0.3, -0.25) is 9.69 Å². The summed E-state index contributed by atoms with van der Waals surface area (Å²) >= 11 is 0. The molecule has 1 amide bonds. The quantitative estimate of drug-likeness (QED) is 0.662. The molecule has 2 N–H and O–H groups in total. The Morgan fingerprint density at radius 2 is 2.36 bits per heavy atom. The number of rotatable bonds is 3. The van der Waals surface area contributed by atoms with E-state index in [1.54, 1.807) is 0 Å². The minimum atomic E-state index is -0.00468. The summed E-state index contributed by atoms with van der Waals surface area (Å²) in [5, 5.41) is 6.09. The minimum Gasteiger partial charge on any atom is -0.352 e. The van der Waals surface area contributed by atoms with E-state index in [1.807, 2.05) is 7.05 Å². The maximum Gasteiger partial charge on any atom is 0.238 e. The number of carbonyl (C=O) groups excluding carboxylic acids is 1. The summed E-state index contributed by atoms with van der Waals surface area (Å²) in [5.41, 5.74) is 0. The number of hydrogen-bond acceptors (Lipinski definition) is 3. The summed E-state index contributed by atoms with van der Waals surface area (Å²) in [6, 6.07) is 0.299. The third-order valence-electron chi connectivity index (χ3n) is 2.79. The van der Waals surface area contributed by atoms with Crippen LogP contribution in [0.4, 0.5) is 0 Å². The van der Waals surface area contributed by atoms with Crippen LogP contribution >= 0.6 is 0 Å². The van der Waals surface area contributed by atoms with Gasteiger partial charge in [-0.1, -0.05) is 6.92 Å². The van der Waals surface area contributed by atoms with E-state index >= 15 is 0 Å². The lowest BCUT2D eigenvalue weighted by molar-refractivity contribution is -0.125. The molecular formula is C10H21N3O. The average Bonchev–Trinajstić information content (AvgIpc) is 2.28. The highest BCUT2D eigenvalue weighted by Crippen LogP contribution is 2.07. The SMILES string of the molecule is CCN1CCC(C)NC(=O)C1CNC. The van der Waals surface area contributed by atoms with E-state index in [9.17, 15) is 4.79 Å². The molecular weight excluding hydrogens is 178 g/mol. The molecule has 0 bridgehead atoms. The molecule has 14 heavy (non-hydrogen) atoms. The van der Waals surface area contributed by atoms with Gasteiger partial charge in [0, 0.05) is 19.1 Å². The number of nitrogens with zero attached hydrogens (tertiary/aromatic N) is 1. The van der Waals surface area contributed by atoms with E-state index in [2.05, 4.69) is 29.4 Å². The molecule has 0 aliphatic carbocycles.